The molecule has 0 aromatic heterocycles. The lowest BCUT2D eigenvalue weighted by molar-refractivity contribution is 0.0341. The van der Waals surface area contributed by atoms with Crippen molar-refractivity contribution in [2.24, 2.45) is 0 Å². The molecule has 1 N–H and O–H groups in total. The number of morpholine rings is 1. The van der Waals surface area contributed by atoms with Crippen molar-refractivity contribution in [2.75, 3.05) is 32.9 Å². The van der Waals surface area contributed by atoms with E-state index in [2.05, 4.69) is 15.7 Å². The van der Waals surface area contributed by atoms with Gasteiger partial charge in [-0.2, -0.15) is 0 Å². The Kier molecular flexibility index (Phi) is 6.84. The first kappa shape index (κ1) is 19.8. The minimum atomic E-state index is -3.58. The maximum atomic E-state index is 12.6. The normalized spacial score (nSPS) is 15.6. The van der Waals surface area contributed by atoms with Crippen LogP contribution in [0.25, 0.3) is 0 Å². The van der Waals surface area contributed by atoms with Crippen molar-refractivity contribution in [1.29, 1.82) is 0 Å². The van der Waals surface area contributed by atoms with Crippen LogP contribution in [0.2, 0.25) is 0 Å². The van der Waals surface area contributed by atoms with Crippen molar-refractivity contribution in [2.45, 2.75) is 24.9 Å². The number of rotatable bonds is 8. The Morgan fingerprint density at radius 3 is 2.37 bits per heavy atom. The summed E-state index contributed by atoms with van der Waals surface area (Å²) in [5, 5.41) is 0. The van der Waals surface area contributed by atoms with Gasteiger partial charge in [0.2, 0.25) is 10.0 Å². The van der Waals surface area contributed by atoms with E-state index in [1.807, 2.05) is 25.1 Å². The van der Waals surface area contributed by atoms with Crippen molar-refractivity contribution < 1.29 is 17.9 Å². The van der Waals surface area contributed by atoms with E-state index in [0.717, 1.165) is 44.0 Å². The van der Waals surface area contributed by atoms with Gasteiger partial charge < -0.3 is 9.47 Å². The van der Waals surface area contributed by atoms with E-state index in [-0.39, 0.29) is 11.4 Å². The fourth-order valence-corrected chi connectivity index (χ4v) is 4.03. The highest BCUT2D eigenvalue weighted by Gasteiger charge is 2.16. The van der Waals surface area contributed by atoms with Gasteiger partial charge in [-0.1, -0.05) is 24.3 Å². The lowest BCUT2D eigenvalue weighted by atomic mass is 10.1. The Morgan fingerprint density at radius 1 is 1.04 bits per heavy atom. The van der Waals surface area contributed by atoms with E-state index in [1.54, 1.807) is 24.3 Å². The number of hydrogen-bond acceptors (Lipinski definition) is 5. The SMILES string of the molecule is CCOc1ccc(S(=O)(=O)NCc2ccccc2CN2CCOCC2)cc1. The maximum absolute atomic E-state index is 12.6. The topological polar surface area (TPSA) is 67.9 Å². The van der Waals surface area contributed by atoms with Crippen LogP contribution in [0.3, 0.4) is 0 Å². The van der Waals surface area contributed by atoms with E-state index in [1.165, 1.54) is 0 Å². The van der Waals surface area contributed by atoms with Crippen LogP contribution in [0.1, 0.15) is 18.1 Å². The smallest absolute Gasteiger partial charge is 0.240 e. The minimum absolute atomic E-state index is 0.233. The van der Waals surface area contributed by atoms with Crippen LogP contribution in [0.4, 0.5) is 0 Å². The predicted octanol–water partition coefficient (Wildman–Crippen LogP) is 2.40. The molecular formula is C20H26N2O4S. The summed E-state index contributed by atoms with van der Waals surface area (Å²) in [4.78, 5) is 2.56. The number of ether oxygens (including phenoxy) is 2. The van der Waals surface area contributed by atoms with Gasteiger partial charge in [0.1, 0.15) is 5.75 Å². The fraction of sp³-hybridized carbons (Fsp3) is 0.400. The fourth-order valence-electron chi connectivity index (χ4n) is 3.02. The van der Waals surface area contributed by atoms with E-state index in [0.29, 0.717) is 12.4 Å². The van der Waals surface area contributed by atoms with Gasteiger partial charge >= 0.3 is 0 Å². The second-order valence-electron chi connectivity index (χ2n) is 6.39. The molecule has 0 radical (unpaired) electrons. The van der Waals surface area contributed by atoms with Gasteiger partial charge in [-0.05, 0) is 42.3 Å². The standard InChI is InChI=1S/C20H26N2O4S/c1-2-26-19-7-9-20(10-8-19)27(23,24)21-15-17-5-3-4-6-18(17)16-22-11-13-25-14-12-22/h3-10,21H,2,11-16H2,1H3. The molecular weight excluding hydrogens is 364 g/mol. The summed E-state index contributed by atoms with van der Waals surface area (Å²) in [5.74, 6) is 0.660. The molecule has 1 fully saturated rings. The molecule has 1 aliphatic rings. The lowest BCUT2D eigenvalue weighted by Crippen LogP contribution is -2.36. The van der Waals surface area contributed by atoms with Crippen LogP contribution in [0.15, 0.2) is 53.4 Å². The Balaban J connectivity index is 1.66. The van der Waals surface area contributed by atoms with Crippen molar-refractivity contribution >= 4 is 10.0 Å². The lowest BCUT2D eigenvalue weighted by Gasteiger charge is -2.27. The first-order valence-electron chi connectivity index (χ1n) is 9.18. The molecule has 7 heteroatoms. The van der Waals surface area contributed by atoms with Crippen molar-refractivity contribution in [1.82, 2.24) is 9.62 Å². The van der Waals surface area contributed by atoms with Gasteiger partial charge in [-0.25, -0.2) is 13.1 Å². The van der Waals surface area contributed by atoms with Crippen LogP contribution in [0, 0.1) is 0 Å². The number of benzene rings is 2. The monoisotopic (exact) mass is 390 g/mol. The molecule has 1 saturated heterocycles. The minimum Gasteiger partial charge on any atom is -0.494 e. The van der Waals surface area contributed by atoms with E-state index < -0.39 is 10.0 Å². The molecule has 1 heterocycles. The highest BCUT2D eigenvalue weighted by molar-refractivity contribution is 7.89. The molecule has 27 heavy (non-hydrogen) atoms. The van der Waals surface area contributed by atoms with Gasteiger partial charge in [0, 0.05) is 26.2 Å². The molecule has 0 bridgehead atoms. The van der Waals surface area contributed by atoms with Gasteiger partial charge in [0.25, 0.3) is 0 Å². The van der Waals surface area contributed by atoms with Crippen molar-refractivity contribution in [3.8, 4) is 5.75 Å². The van der Waals surface area contributed by atoms with Gasteiger partial charge in [0.05, 0.1) is 24.7 Å². The largest absolute Gasteiger partial charge is 0.494 e. The number of hydrogen-bond donors (Lipinski definition) is 1. The Labute approximate surface area is 161 Å². The predicted molar refractivity (Wildman–Crippen MR) is 104 cm³/mol. The molecule has 0 aliphatic carbocycles. The Hall–Kier alpha value is -1.93. The first-order valence-corrected chi connectivity index (χ1v) is 10.7. The highest BCUT2D eigenvalue weighted by atomic mass is 32.2. The first-order chi connectivity index (χ1) is 13.1. The summed E-state index contributed by atoms with van der Waals surface area (Å²) in [5.41, 5.74) is 2.12. The summed E-state index contributed by atoms with van der Waals surface area (Å²) in [6.07, 6.45) is 0. The molecule has 2 aromatic rings. The summed E-state index contributed by atoms with van der Waals surface area (Å²) in [7, 11) is -3.58. The molecule has 6 nitrogen and oxygen atoms in total. The van der Waals surface area contributed by atoms with E-state index >= 15 is 0 Å². The zero-order chi connectivity index (χ0) is 19.1. The van der Waals surface area contributed by atoms with Crippen LogP contribution in [0.5, 0.6) is 5.75 Å². The van der Waals surface area contributed by atoms with Crippen LogP contribution < -0.4 is 9.46 Å². The van der Waals surface area contributed by atoms with Gasteiger partial charge in [0.15, 0.2) is 0 Å². The van der Waals surface area contributed by atoms with Crippen molar-refractivity contribution in [3.05, 3.63) is 59.7 Å². The van der Waals surface area contributed by atoms with E-state index in [9.17, 15) is 8.42 Å². The zero-order valence-corrected chi connectivity index (χ0v) is 16.4. The number of nitrogens with one attached hydrogen (secondary N) is 1. The van der Waals surface area contributed by atoms with Crippen LogP contribution in [-0.4, -0.2) is 46.2 Å². The Bertz CT molecular complexity index is 831. The average Bonchev–Trinajstić information content (AvgIpc) is 2.69. The third-order valence-electron chi connectivity index (χ3n) is 4.51. The average molecular weight is 391 g/mol. The van der Waals surface area contributed by atoms with E-state index in [4.69, 9.17) is 9.47 Å². The van der Waals surface area contributed by atoms with Crippen LogP contribution >= 0.6 is 0 Å². The van der Waals surface area contributed by atoms with Gasteiger partial charge in [-0.15, -0.1) is 0 Å². The van der Waals surface area contributed by atoms with Crippen molar-refractivity contribution in [3.63, 3.8) is 0 Å². The molecule has 0 saturated carbocycles. The molecule has 0 unspecified atom stereocenters. The van der Waals surface area contributed by atoms with Gasteiger partial charge in [-0.3, -0.25) is 4.90 Å². The second kappa shape index (κ2) is 9.32. The molecule has 0 amide bonds. The quantitative estimate of drug-likeness (QED) is 0.750. The number of sulfonamides is 1. The second-order valence-corrected chi connectivity index (χ2v) is 8.15. The zero-order valence-electron chi connectivity index (χ0n) is 15.6. The third-order valence-corrected chi connectivity index (χ3v) is 5.93. The highest BCUT2D eigenvalue weighted by Crippen LogP contribution is 2.17. The summed E-state index contributed by atoms with van der Waals surface area (Å²) < 4.78 is 38.7. The summed E-state index contributed by atoms with van der Waals surface area (Å²) in [6, 6.07) is 14.4. The molecule has 0 atom stereocenters. The molecule has 0 spiro atoms. The van der Waals surface area contributed by atoms with Crippen LogP contribution in [-0.2, 0) is 27.8 Å². The summed E-state index contributed by atoms with van der Waals surface area (Å²) >= 11 is 0. The summed E-state index contributed by atoms with van der Waals surface area (Å²) in [6.45, 7) is 6.77. The molecule has 146 valence electrons. The molecule has 2 aromatic carbocycles. The Morgan fingerprint density at radius 2 is 1.70 bits per heavy atom. The molecule has 3 rings (SSSR count). The maximum Gasteiger partial charge on any atom is 0.240 e. The molecule has 1 aliphatic heterocycles. The number of nitrogens with zero attached hydrogens (tertiary/aromatic N) is 1. The third kappa shape index (κ3) is 5.52.